The fraction of sp³-hybridized carbons (Fsp3) is 0.294. The molecule has 1 aliphatic heterocycles. The van der Waals surface area contributed by atoms with Crippen LogP contribution < -0.4 is 9.62 Å². The molecule has 6 nitrogen and oxygen atoms in total. The van der Waals surface area contributed by atoms with Gasteiger partial charge in [0.05, 0.1) is 16.5 Å². The molecule has 0 saturated carbocycles. The van der Waals surface area contributed by atoms with Crippen LogP contribution in [0, 0.1) is 11.3 Å². The molecule has 0 unspecified atom stereocenters. The topological polar surface area (TPSA) is 86.1 Å². The van der Waals surface area contributed by atoms with Gasteiger partial charge in [-0.2, -0.15) is 5.26 Å². The Morgan fingerprint density at radius 3 is 2.67 bits per heavy atom. The van der Waals surface area contributed by atoms with Crippen molar-refractivity contribution >= 4 is 15.8 Å². The molecular formula is C17H18N4O2S. The summed E-state index contributed by atoms with van der Waals surface area (Å²) in [5.74, 6) is 0.931. The Morgan fingerprint density at radius 2 is 2.00 bits per heavy atom. The van der Waals surface area contributed by atoms with Gasteiger partial charge >= 0.3 is 0 Å². The number of hydrogen-bond donors (Lipinski definition) is 1. The van der Waals surface area contributed by atoms with Gasteiger partial charge in [0.25, 0.3) is 0 Å². The van der Waals surface area contributed by atoms with E-state index in [0.717, 1.165) is 24.5 Å². The van der Waals surface area contributed by atoms with E-state index in [9.17, 15) is 8.42 Å². The number of nitriles is 1. The molecule has 1 N–H and O–H groups in total. The summed E-state index contributed by atoms with van der Waals surface area (Å²) in [6.07, 6.45) is 4.07. The van der Waals surface area contributed by atoms with Crippen molar-refractivity contribution in [2.24, 2.45) is 0 Å². The molecule has 124 valence electrons. The molecule has 1 aliphatic rings. The number of hydrogen-bond acceptors (Lipinski definition) is 5. The zero-order valence-electron chi connectivity index (χ0n) is 13.1. The third kappa shape index (κ3) is 3.72. The molecule has 1 fully saturated rings. The molecule has 2 aromatic rings. The van der Waals surface area contributed by atoms with Gasteiger partial charge in [0, 0.05) is 25.8 Å². The maximum absolute atomic E-state index is 12.3. The highest BCUT2D eigenvalue weighted by Gasteiger charge is 2.15. The standard InChI is InChI=1S/C17H18N4O2S/c18-11-14-4-3-5-16(10-14)24(22,23)20-13-15-6-7-17(19-12-15)21-8-1-2-9-21/h3-7,10,12,20H,1-2,8-9,13H2. The molecule has 0 bridgehead atoms. The average molecular weight is 342 g/mol. The van der Waals surface area contributed by atoms with E-state index >= 15 is 0 Å². The van der Waals surface area contributed by atoms with E-state index in [1.807, 2.05) is 18.2 Å². The molecule has 0 amide bonds. The Balaban J connectivity index is 1.67. The van der Waals surface area contributed by atoms with Crippen LogP contribution in [0.3, 0.4) is 0 Å². The number of nitrogens with one attached hydrogen (secondary N) is 1. The summed E-state index contributed by atoms with van der Waals surface area (Å²) >= 11 is 0. The van der Waals surface area contributed by atoms with Crippen molar-refractivity contribution in [1.82, 2.24) is 9.71 Å². The summed E-state index contributed by atoms with van der Waals surface area (Å²) in [7, 11) is -3.66. The van der Waals surface area contributed by atoms with Gasteiger partial charge in [-0.3, -0.25) is 0 Å². The lowest BCUT2D eigenvalue weighted by Crippen LogP contribution is -2.23. The Kier molecular flexibility index (Phi) is 4.79. The van der Waals surface area contributed by atoms with E-state index in [2.05, 4.69) is 14.6 Å². The number of rotatable bonds is 5. The number of nitrogens with zero attached hydrogens (tertiary/aromatic N) is 3. The van der Waals surface area contributed by atoms with Crippen LogP contribution in [-0.4, -0.2) is 26.5 Å². The van der Waals surface area contributed by atoms with Crippen molar-refractivity contribution in [3.63, 3.8) is 0 Å². The molecule has 24 heavy (non-hydrogen) atoms. The first-order chi connectivity index (χ1) is 11.6. The molecule has 3 rings (SSSR count). The van der Waals surface area contributed by atoms with Crippen molar-refractivity contribution in [3.8, 4) is 6.07 Å². The van der Waals surface area contributed by atoms with E-state index in [4.69, 9.17) is 5.26 Å². The minimum absolute atomic E-state index is 0.0863. The summed E-state index contributed by atoms with van der Waals surface area (Å²) in [5, 5.41) is 8.87. The zero-order chi connectivity index (χ0) is 17.0. The van der Waals surface area contributed by atoms with E-state index < -0.39 is 10.0 Å². The molecule has 2 heterocycles. The number of benzene rings is 1. The first-order valence-corrected chi connectivity index (χ1v) is 9.26. The lowest BCUT2D eigenvalue weighted by atomic mass is 10.2. The van der Waals surface area contributed by atoms with Crippen LogP contribution in [0.1, 0.15) is 24.0 Å². The Hall–Kier alpha value is -2.43. The van der Waals surface area contributed by atoms with Crippen molar-refractivity contribution in [2.45, 2.75) is 24.3 Å². The second-order valence-electron chi connectivity index (χ2n) is 5.68. The van der Waals surface area contributed by atoms with Gasteiger partial charge in [-0.15, -0.1) is 0 Å². The van der Waals surface area contributed by atoms with Gasteiger partial charge in [0.1, 0.15) is 5.82 Å². The predicted molar refractivity (Wildman–Crippen MR) is 90.9 cm³/mol. The Morgan fingerprint density at radius 1 is 1.21 bits per heavy atom. The maximum atomic E-state index is 12.3. The second kappa shape index (κ2) is 6.99. The van der Waals surface area contributed by atoms with Crippen LogP contribution in [-0.2, 0) is 16.6 Å². The van der Waals surface area contributed by atoms with Crippen molar-refractivity contribution < 1.29 is 8.42 Å². The summed E-state index contributed by atoms with van der Waals surface area (Å²) in [6, 6.07) is 11.7. The highest BCUT2D eigenvalue weighted by Crippen LogP contribution is 2.18. The van der Waals surface area contributed by atoms with Gasteiger partial charge < -0.3 is 4.90 Å². The molecule has 1 aromatic carbocycles. The molecule has 0 aliphatic carbocycles. The average Bonchev–Trinajstić information content (AvgIpc) is 3.15. The predicted octanol–water partition coefficient (Wildman–Crippen LogP) is 2.03. The monoisotopic (exact) mass is 342 g/mol. The molecule has 7 heteroatoms. The van der Waals surface area contributed by atoms with Crippen molar-refractivity contribution in [1.29, 1.82) is 5.26 Å². The fourth-order valence-corrected chi connectivity index (χ4v) is 3.71. The highest BCUT2D eigenvalue weighted by atomic mass is 32.2. The minimum Gasteiger partial charge on any atom is -0.357 e. The van der Waals surface area contributed by atoms with E-state index in [0.29, 0.717) is 5.56 Å². The van der Waals surface area contributed by atoms with Crippen LogP contribution in [0.15, 0.2) is 47.5 Å². The van der Waals surface area contributed by atoms with Crippen LogP contribution >= 0.6 is 0 Å². The molecule has 0 atom stereocenters. The quantitative estimate of drug-likeness (QED) is 0.898. The van der Waals surface area contributed by atoms with E-state index in [1.54, 1.807) is 18.3 Å². The molecule has 0 spiro atoms. The van der Waals surface area contributed by atoms with Gasteiger partial charge in [-0.1, -0.05) is 12.1 Å². The highest BCUT2D eigenvalue weighted by molar-refractivity contribution is 7.89. The maximum Gasteiger partial charge on any atom is 0.240 e. The molecule has 1 saturated heterocycles. The smallest absolute Gasteiger partial charge is 0.240 e. The summed E-state index contributed by atoms with van der Waals surface area (Å²) in [4.78, 5) is 6.72. The van der Waals surface area contributed by atoms with Gasteiger partial charge in [-0.25, -0.2) is 18.1 Å². The number of pyridine rings is 1. The minimum atomic E-state index is -3.66. The van der Waals surface area contributed by atoms with Gasteiger partial charge in [0.2, 0.25) is 10.0 Å². The number of anilines is 1. The second-order valence-corrected chi connectivity index (χ2v) is 7.45. The lowest BCUT2D eigenvalue weighted by molar-refractivity contribution is 0.581. The third-order valence-corrected chi connectivity index (χ3v) is 5.38. The van der Waals surface area contributed by atoms with E-state index in [1.165, 1.54) is 25.0 Å². The van der Waals surface area contributed by atoms with Gasteiger partial charge in [0.15, 0.2) is 0 Å². The molecule has 1 aromatic heterocycles. The third-order valence-electron chi connectivity index (χ3n) is 3.98. The largest absolute Gasteiger partial charge is 0.357 e. The summed E-state index contributed by atoms with van der Waals surface area (Å²) in [5.41, 5.74) is 1.10. The summed E-state index contributed by atoms with van der Waals surface area (Å²) in [6.45, 7) is 2.20. The van der Waals surface area contributed by atoms with Crippen LogP contribution in [0.2, 0.25) is 0 Å². The SMILES string of the molecule is N#Cc1cccc(S(=O)(=O)NCc2ccc(N3CCCC3)nc2)c1. The van der Waals surface area contributed by atoms with Crippen molar-refractivity contribution in [2.75, 3.05) is 18.0 Å². The zero-order valence-corrected chi connectivity index (χ0v) is 14.0. The lowest BCUT2D eigenvalue weighted by Gasteiger charge is -2.16. The Bertz CT molecular complexity index is 851. The first-order valence-electron chi connectivity index (χ1n) is 7.78. The summed E-state index contributed by atoms with van der Waals surface area (Å²) < 4.78 is 27.1. The molecule has 0 radical (unpaired) electrons. The molecular weight excluding hydrogens is 324 g/mol. The fourth-order valence-electron chi connectivity index (χ4n) is 2.65. The Labute approximate surface area is 141 Å². The first kappa shape index (κ1) is 16.4. The van der Waals surface area contributed by atoms with Crippen LogP contribution in [0.4, 0.5) is 5.82 Å². The normalized spacial score (nSPS) is 14.5. The number of aromatic nitrogens is 1. The number of sulfonamides is 1. The van der Waals surface area contributed by atoms with Gasteiger partial charge in [-0.05, 0) is 42.7 Å². The van der Waals surface area contributed by atoms with Crippen LogP contribution in [0.25, 0.3) is 0 Å². The van der Waals surface area contributed by atoms with Crippen molar-refractivity contribution in [3.05, 3.63) is 53.7 Å². The van der Waals surface area contributed by atoms with E-state index in [-0.39, 0.29) is 11.4 Å². The van der Waals surface area contributed by atoms with Crippen LogP contribution in [0.5, 0.6) is 0 Å².